The Bertz CT molecular complexity index is 836. The Kier molecular flexibility index (Phi) is 3.60. The van der Waals surface area contributed by atoms with E-state index >= 15 is 0 Å². The van der Waals surface area contributed by atoms with Crippen molar-refractivity contribution < 1.29 is 14.6 Å². The molecule has 1 amide bonds. The summed E-state index contributed by atoms with van der Waals surface area (Å²) in [6.07, 6.45) is 1.12. The number of hydrogen-bond donors (Lipinski definition) is 2. The number of nitrogens with one attached hydrogen (secondary N) is 1. The number of H-pyrrole nitrogens is 1. The van der Waals surface area contributed by atoms with Gasteiger partial charge in [0.05, 0.1) is 30.7 Å². The van der Waals surface area contributed by atoms with Gasteiger partial charge in [-0.3, -0.25) is 14.7 Å². The number of aliphatic hydroxyl groups is 1. The monoisotopic (exact) mass is 317 g/mol. The topological polar surface area (TPSA) is 95.5 Å². The van der Waals surface area contributed by atoms with Crippen molar-refractivity contribution >= 4 is 17.1 Å². The number of amides is 1. The van der Waals surface area contributed by atoms with Gasteiger partial charge in [0.15, 0.2) is 0 Å². The lowest BCUT2D eigenvalue weighted by atomic mass is 10.1. The number of pyridine rings is 2. The van der Waals surface area contributed by atoms with Crippen LogP contribution in [-0.4, -0.2) is 31.7 Å². The Balaban J connectivity index is 1.99. The van der Waals surface area contributed by atoms with Gasteiger partial charge in [-0.05, 0) is 32.4 Å². The number of hydrogen-bond acceptors (Lipinski definition) is 5. The Hall–Kier alpha value is -2.41. The van der Waals surface area contributed by atoms with E-state index in [1.807, 2.05) is 0 Å². The van der Waals surface area contributed by atoms with Crippen molar-refractivity contribution in [3.8, 4) is 0 Å². The zero-order chi connectivity index (χ0) is 16.8. The molecule has 1 aliphatic rings. The van der Waals surface area contributed by atoms with E-state index in [1.54, 1.807) is 33.0 Å². The Labute approximate surface area is 132 Å². The molecule has 23 heavy (non-hydrogen) atoms. The first-order valence-electron chi connectivity index (χ1n) is 7.40. The van der Waals surface area contributed by atoms with E-state index in [9.17, 15) is 14.7 Å². The number of aromatic nitrogens is 2. The zero-order valence-corrected chi connectivity index (χ0v) is 13.3. The van der Waals surface area contributed by atoms with Crippen LogP contribution in [-0.2, 0) is 24.4 Å². The molecule has 0 saturated carbocycles. The number of nitrogens with zero attached hydrogens (tertiary/aromatic N) is 2. The smallest absolute Gasteiger partial charge is 0.410 e. The summed E-state index contributed by atoms with van der Waals surface area (Å²) in [6, 6.07) is 1.69. The SMILES string of the molecule is CC(C)(C)OC(=O)N1Cc2c(c3ncc(CO)cc3[nH]c2=O)C1. The molecule has 0 atom stereocenters. The van der Waals surface area contributed by atoms with E-state index in [1.165, 1.54) is 4.90 Å². The van der Waals surface area contributed by atoms with Gasteiger partial charge in [0.2, 0.25) is 0 Å². The predicted octanol–water partition coefficient (Wildman–Crippen LogP) is 1.67. The molecule has 1 aliphatic heterocycles. The molecular formula is C16H19N3O4. The van der Waals surface area contributed by atoms with Gasteiger partial charge in [0.25, 0.3) is 5.56 Å². The Morgan fingerprint density at radius 1 is 1.39 bits per heavy atom. The molecule has 0 unspecified atom stereocenters. The third-order valence-corrected chi connectivity index (χ3v) is 3.65. The van der Waals surface area contributed by atoms with E-state index in [0.29, 0.717) is 22.2 Å². The first-order valence-corrected chi connectivity index (χ1v) is 7.40. The van der Waals surface area contributed by atoms with Crippen molar-refractivity contribution in [1.82, 2.24) is 14.9 Å². The van der Waals surface area contributed by atoms with Crippen LogP contribution in [0.25, 0.3) is 11.0 Å². The van der Waals surface area contributed by atoms with Crippen LogP contribution in [0.1, 0.15) is 37.5 Å². The van der Waals surface area contributed by atoms with Crippen LogP contribution in [0.5, 0.6) is 0 Å². The second-order valence-corrected chi connectivity index (χ2v) is 6.65. The van der Waals surface area contributed by atoms with Crippen molar-refractivity contribution in [2.24, 2.45) is 0 Å². The van der Waals surface area contributed by atoms with Crippen LogP contribution >= 0.6 is 0 Å². The molecule has 122 valence electrons. The molecule has 2 N–H and O–H groups in total. The molecule has 2 aromatic rings. The number of rotatable bonds is 1. The minimum Gasteiger partial charge on any atom is -0.444 e. The first kappa shape index (κ1) is 15.5. The molecule has 7 heteroatoms. The van der Waals surface area contributed by atoms with Gasteiger partial charge in [-0.2, -0.15) is 0 Å². The third-order valence-electron chi connectivity index (χ3n) is 3.65. The highest BCUT2D eigenvalue weighted by Gasteiger charge is 2.31. The fourth-order valence-corrected chi connectivity index (χ4v) is 2.64. The van der Waals surface area contributed by atoms with Gasteiger partial charge < -0.3 is 14.8 Å². The summed E-state index contributed by atoms with van der Waals surface area (Å²) < 4.78 is 5.36. The van der Waals surface area contributed by atoms with Gasteiger partial charge in [-0.15, -0.1) is 0 Å². The summed E-state index contributed by atoms with van der Waals surface area (Å²) in [4.78, 5) is 33.0. The van der Waals surface area contributed by atoms with E-state index < -0.39 is 11.7 Å². The van der Waals surface area contributed by atoms with Crippen LogP contribution in [0.3, 0.4) is 0 Å². The van der Waals surface area contributed by atoms with Crippen molar-refractivity contribution in [1.29, 1.82) is 0 Å². The molecule has 0 aliphatic carbocycles. The molecule has 0 spiro atoms. The second kappa shape index (κ2) is 5.34. The molecule has 0 bridgehead atoms. The molecule has 0 aromatic carbocycles. The predicted molar refractivity (Wildman–Crippen MR) is 83.8 cm³/mol. The molecule has 2 aromatic heterocycles. The fourth-order valence-electron chi connectivity index (χ4n) is 2.64. The van der Waals surface area contributed by atoms with Gasteiger partial charge in [-0.25, -0.2) is 4.79 Å². The van der Waals surface area contributed by atoms with Crippen molar-refractivity contribution in [3.63, 3.8) is 0 Å². The number of fused-ring (bicyclic) bond motifs is 3. The molecule has 3 heterocycles. The average molecular weight is 317 g/mol. The maximum absolute atomic E-state index is 12.3. The van der Waals surface area contributed by atoms with Crippen LogP contribution < -0.4 is 5.56 Å². The molecule has 7 nitrogen and oxygen atoms in total. The van der Waals surface area contributed by atoms with Crippen LogP contribution in [0, 0.1) is 0 Å². The fraction of sp³-hybridized carbons (Fsp3) is 0.438. The summed E-state index contributed by atoms with van der Waals surface area (Å²) in [6.45, 7) is 5.75. The molecule has 0 saturated heterocycles. The summed E-state index contributed by atoms with van der Waals surface area (Å²) in [5, 5.41) is 9.18. The first-order chi connectivity index (χ1) is 10.8. The molecular weight excluding hydrogens is 298 g/mol. The molecule has 0 fully saturated rings. The number of carbonyl (C=O) groups is 1. The van der Waals surface area contributed by atoms with Crippen LogP contribution in [0.2, 0.25) is 0 Å². The third kappa shape index (κ3) is 2.92. The van der Waals surface area contributed by atoms with E-state index in [2.05, 4.69) is 9.97 Å². The summed E-state index contributed by atoms with van der Waals surface area (Å²) in [5.74, 6) is 0. The lowest BCUT2D eigenvalue weighted by Gasteiger charge is -2.24. The number of aliphatic hydroxyl groups excluding tert-OH is 1. The van der Waals surface area contributed by atoms with E-state index in [-0.39, 0.29) is 25.3 Å². The van der Waals surface area contributed by atoms with Crippen molar-refractivity contribution in [2.75, 3.05) is 0 Å². The standard InChI is InChI=1S/C16H19N3O4/c1-16(2,3)23-15(22)19-6-10-11(7-19)14(21)18-12-4-9(8-20)5-17-13(10)12/h4-5,20H,6-8H2,1-3H3,(H,18,21). The normalized spacial score (nSPS) is 14.2. The number of carbonyl (C=O) groups excluding carboxylic acids is 1. The van der Waals surface area contributed by atoms with Crippen LogP contribution in [0.15, 0.2) is 17.1 Å². The number of aromatic amines is 1. The minimum absolute atomic E-state index is 0.147. The van der Waals surface area contributed by atoms with Gasteiger partial charge in [-0.1, -0.05) is 0 Å². The summed E-state index contributed by atoms with van der Waals surface area (Å²) in [7, 11) is 0. The Morgan fingerprint density at radius 2 is 2.09 bits per heavy atom. The second-order valence-electron chi connectivity index (χ2n) is 6.65. The average Bonchev–Trinajstić information content (AvgIpc) is 2.91. The van der Waals surface area contributed by atoms with E-state index in [0.717, 1.165) is 5.56 Å². The van der Waals surface area contributed by atoms with Gasteiger partial charge in [0, 0.05) is 17.3 Å². The van der Waals surface area contributed by atoms with Crippen molar-refractivity contribution in [3.05, 3.63) is 39.3 Å². The number of ether oxygens (including phenoxy) is 1. The Morgan fingerprint density at radius 3 is 2.74 bits per heavy atom. The van der Waals surface area contributed by atoms with Gasteiger partial charge in [0.1, 0.15) is 5.60 Å². The maximum atomic E-state index is 12.3. The largest absolute Gasteiger partial charge is 0.444 e. The van der Waals surface area contributed by atoms with E-state index in [4.69, 9.17) is 4.74 Å². The lowest BCUT2D eigenvalue weighted by Crippen LogP contribution is -2.33. The lowest BCUT2D eigenvalue weighted by molar-refractivity contribution is 0.0242. The zero-order valence-electron chi connectivity index (χ0n) is 13.3. The van der Waals surface area contributed by atoms with Crippen LogP contribution in [0.4, 0.5) is 4.79 Å². The summed E-state index contributed by atoms with van der Waals surface area (Å²) >= 11 is 0. The quantitative estimate of drug-likeness (QED) is 0.834. The minimum atomic E-state index is -0.589. The molecule has 0 radical (unpaired) electrons. The molecule has 3 rings (SSSR count). The summed E-state index contributed by atoms with van der Waals surface area (Å²) in [5.41, 5.74) is 2.26. The highest BCUT2D eigenvalue weighted by atomic mass is 16.6. The van der Waals surface area contributed by atoms with Crippen molar-refractivity contribution in [2.45, 2.75) is 46.1 Å². The van der Waals surface area contributed by atoms with Gasteiger partial charge >= 0.3 is 6.09 Å². The maximum Gasteiger partial charge on any atom is 0.410 e. The highest BCUT2D eigenvalue weighted by molar-refractivity contribution is 5.81. The highest BCUT2D eigenvalue weighted by Crippen LogP contribution is 2.27.